The molecule has 19 heavy (non-hydrogen) atoms. The highest BCUT2D eigenvalue weighted by Crippen LogP contribution is 2.29. The molecule has 0 bridgehead atoms. The first-order valence-electron chi connectivity index (χ1n) is 5.76. The number of anilines is 4. The SMILES string of the molecule is CN(C)c1cccc(Nc2cc(F)c(Cl)cc2N)c1. The molecule has 5 heteroatoms. The van der Waals surface area contributed by atoms with Crippen molar-refractivity contribution in [3.05, 3.63) is 47.2 Å². The maximum Gasteiger partial charge on any atom is 0.144 e. The Morgan fingerprint density at radius 3 is 2.63 bits per heavy atom. The van der Waals surface area contributed by atoms with Gasteiger partial charge in [0.25, 0.3) is 0 Å². The van der Waals surface area contributed by atoms with Crippen molar-refractivity contribution in [3.8, 4) is 0 Å². The summed E-state index contributed by atoms with van der Waals surface area (Å²) in [5.41, 5.74) is 8.59. The lowest BCUT2D eigenvalue weighted by molar-refractivity contribution is 0.629. The summed E-state index contributed by atoms with van der Waals surface area (Å²) in [7, 11) is 3.91. The van der Waals surface area contributed by atoms with E-state index >= 15 is 0 Å². The second-order valence-electron chi connectivity index (χ2n) is 4.42. The average molecular weight is 280 g/mol. The fourth-order valence-corrected chi connectivity index (χ4v) is 1.86. The molecule has 0 unspecified atom stereocenters. The minimum absolute atomic E-state index is 0.0186. The van der Waals surface area contributed by atoms with Gasteiger partial charge < -0.3 is 16.0 Å². The van der Waals surface area contributed by atoms with E-state index < -0.39 is 5.82 Å². The largest absolute Gasteiger partial charge is 0.397 e. The van der Waals surface area contributed by atoms with E-state index in [-0.39, 0.29) is 5.02 Å². The minimum atomic E-state index is -0.498. The molecule has 0 aliphatic carbocycles. The van der Waals surface area contributed by atoms with E-state index in [1.54, 1.807) is 0 Å². The molecule has 0 saturated heterocycles. The number of nitrogens with one attached hydrogen (secondary N) is 1. The zero-order valence-electron chi connectivity index (χ0n) is 10.7. The van der Waals surface area contributed by atoms with E-state index in [0.29, 0.717) is 11.4 Å². The Bertz CT molecular complexity index is 599. The van der Waals surface area contributed by atoms with Crippen LogP contribution in [0.5, 0.6) is 0 Å². The molecule has 0 aliphatic rings. The lowest BCUT2D eigenvalue weighted by Gasteiger charge is -2.15. The lowest BCUT2D eigenvalue weighted by Crippen LogP contribution is -2.08. The van der Waals surface area contributed by atoms with Gasteiger partial charge in [-0.05, 0) is 24.3 Å². The Morgan fingerprint density at radius 2 is 1.95 bits per heavy atom. The molecule has 0 spiro atoms. The molecule has 0 atom stereocenters. The van der Waals surface area contributed by atoms with Crippen LogP contribution in [0.1, 0.15) is 0 Å². The predicted molar refractivity (Wildman–Crippen MR) is 79.9 cm³/mol. The Kier molecular flexibility index (Phi) is 3.81. The van der Waals surface area contributed by atoms with E-state index in [0.717, 1.165) is 11.4 Å². The Morgan fingerprint density at radius 1 is 1.21 bits per heavy atom. The number of halogens is 2. The molecule has 2 aromatic carbocycles. The first-order chi connectivity index (χ1) is 8.97. The number of nitrogens with two attached hydrogens (primary N) is 1. The van der Waals surface area contributed by atoms with Crippen LogP contribution >= 0.6 is 11.6 Å². The highest BCUT2D eigenvalue weighted by atomic mass is 35.5. The van der Waals surface area contributed by atoms with Crippen molar-refractivity contribution in [1.82, 2.24) is 0 Å². The molecule has 2 rings (SSSR count). The topological polar surface area (TPSA) is 41.3 Å². The maximum atomic E-state index is 13.4. The quantitative estimate of drug-likeness (QED) is 0.838. The van der Waals surface area contributed by atoms with Gasteiger partial charge in [0.2, 0.25) is 0 Å². The standard InChI is InChI=1S/C14H15ClFN3/c1-19(2)10-5-3-4-9(6-10)18-14-8-12(16)11(15)7-13(14)17/h3-8,18H,17H2,1-2H3. The third-order valence-electron chi connectivity index (χ3n) is 2.73. The van der Waals surface area contributed by atoms with Crippen LogP contribution in [-0.2, 0) is 0 Å². The number of rotatable bonds is 3. The monoisotopic (exact) mass is 279 g/mol. The fraction of sp³-hybridized carbons (Fsp3) is 0.143. The molecule has 100 valence electrons. The zero-order chi connectivity index (χ0) is 14.0. The summed E-state index contributed by atoms with van der Waals surface area (Å²) in [5, 5.41) is 3.10. The van der Waals surface area contributed by atoms with Crippen LogP contribution in [0, 0.1) is 5.82 Å². The van der Waals surface area contributed by atoms with Crippen molar-refractivity contribution < 1.29 is 4.39 Å². The summed E-state index contributed by atoms with van der Waals surface area (Å²) in [6, 6.07) is 10.4. The van der Waals surface area contributed by atoms with Gasteiger partial charge in [0.05, 0.1) is 16.4 Å². The van der Waals surface area contributed by atoms with E-state index in [4.69, 9.17) is 17.3 Å². The second-order valence-corrected chi connectivity index (χ2v) is 4.83. The van der Waals surface area contributed by atoms with Gasteiger partial charge in [-0.25, -0.2) is 4.39 Å². The molecule has 3 N–H and O–H groups in total. The van der Waals surface area contributed by atoms with Crippen molar-refractivity contribution in [2.24, 2.45) is 0 Å². The number of benzene rings is 2. The average Bonchev–Trinajstić information content (AvgIpc) is 2.36. The van der Waals surface area contributed by atoms with Gasteiger partial charge in [0, 0.05) is 31.5 Å². The van der Waals surface area contributed by atoms with E-state index in [1.165, 1.54) is 12.1 Å². The number of nitrogens with zero attached hydrogens (tertiary/aromatic N) is 1. The van der Waals surface area contributed by atoms with Crippen molar-refractivity contribution in [2.45, 2.75) is 0 Å². The molecule has 0 aliphatic heterocycles. The molecule has 0 heterocycles. The third kappa shape index (κ3) is 3.09. The van der Waals surface area contributed by atoms with E-state index in [1.807, 2.05) is 43.3 Å². The van der Waals surface area contributed by atoms with Crippen molar-refractivity contribution in [3.63, 3.8) is 0 Å². The van der Waals surface area contributed by atoms with Gasteiger partial charge in [-0.2, -0.15) is 0 Å². The lowest BCUT2D eigenvalue weighted by atomic mass is 10.2. The van der Waals surface area contributed by atoms with Crippen molar-refractivity contribution in [2.75, 3.05) is 30.0 Å². The molecule has 0 amide bonds. The summed E-state index contributed by atoms with van der Waals surface area (Å²) < 4.78 is 13.4. The van der Waals surface area contributed by atoms with Crippen LogP contribution in [0.2, 0.25) is 5.02 Å². The van der Waals surface area contributed by atoms with Gasteiger partial charge in [-0.1, -0.05) is 17.7 Å². The van der Waals surface area contributed by atoms with Crippen LogP contribution in [0.25, 0.3) is 0 Å². The van der Waals surface area contributed by atoms with Crippen molar-refractivity contribution in [1.29, 1.82) is 0 Å². The predicted octanol–water partition coefficient (Wildman–Crippen LogP) is 3.87. The minimum Gasteiger partial charge on any atom is -0.397 e. The maximum absolute atomic E-state index is 13.4. The van der Waals surface area contributed by atoms with E-state index in [9.17, 15) is 4.39 Å². The van der Waals surface area contributed by atoms with Gasteiger partial charge >= 0.3 is 0 Å². The zero-order valence-corrected chi connectivity index (χ0v) is 11.5. The molecule has 0 radical (unpaired) electrons. The molecular weight excluding hydrogens is 265 g/mol. The van der Waals surface area contributed by atoms with Gasteiger partial charge in [0.15, 0.2) is 0 Å². The summed E-state index contributed by atoms with van der Waals surface area (Å²) in [6.45, 7) is 0. The molecule has 2 aromatic rings. The van der Waals surface area contributed by atoms with E-state index in [2.05, 4.69) is 5.32 Å². The fourth-order valence-electron chi connectivity index (χ4n) is 1.69. The van der Waals surface area contributed by atoms with Gasteiger partial charge in [-0.3, -0.25) is 0 Å². The molecule has 0 saturated carbocycles. The summed E-state index contributed by atoms with van der Waals surface area (Å²) in [6.07, 6.45) is 0. The molecule has 0 aromatic heterocycles. The second kappa shape index (κ2) is 5.36. The molecule has 3 nitrogen and oxygen atoms in total. The summed E-state index contributed by atoms with van der Waals surface area (Å²) >= 11 is 5.67. The normalized spacial score (nSPS) is 10.3. The van der Waals surface area contributed by atoms with Crippen LogP contribution in [0.3, 0.4) is 0 Å². The smallest absolute Gasteiger partial charge is 0.144 e. The first-order valence-corrected chi connectivity index (χ1v) is 6.14. The highest BCUT2D eigenvalue weighted by molar-refractivity contribution is 6.31. The summed E-state index contributed by atoms with van der Waals surface area (Å²) in [4.78, 5) is 1.98. The number of nitrogen functional groups attached to an aromatic ring is 1. The van der Waals surface area contributed by atoms with Crippen LogP contribution in [0.15, 0.2) is 36.4 Å². The Hall–Kier alpha value is -1.94. The summed E-state index contributed by atoms with van der Waals surface area (Å²) in [5.74, 6) is -0.498. The van der Waals surface area contributed by atoms with Crippen molar-refractivity contribution >= 4 is 34.4 Å². The van der Waals surface area contributed by atoms with Crippen LogP contribution in [0.4, 0.5) is 27.1 Å². The number of hydrogen-bond donors (Lipinski definition) is 2. The Balaban J connectivity index is 2.31. The van der Waals surface area contributed by atoms with Gasteiger partial charge in [0.1, 0.15) is 5.82 Å². The third-order valence-corrected chi connectivity index (χ3v) is 3.02. The van der Waals surface area contributed by atoms with Crippen LogP contribution in [-0.4, -0.2) is 14.1 Å². The molecular formula is C14H15ClFN3. The van der Waals surface area contributed by atoms with Crippen LogP contribution < -0.4 is 16.0 Å². The van der Waals surface area contributed by atoms with Gasteiger partial charge in [-0.15, -0.1) is 0 Å². The Labute approximate surface area is 116 Å². The highest BCUT2D eigenvalue weighted by Gasteiger charge is 2.07. The number of hydrogen-bond acceptors (Lipinski definition) is 3. The first kappa shape index (κ1) is 13.5. The molecule has 0 fully saturated rings.